The molecule has 0 N–H and O–H groups in total. The van der Waals surface area contributed by atoms with Gasteiger partial charge in [0.05, 0.1) is 0 Å². The van der Waals surface area contributed by atoms with Crippen molar-refractivity contribution < 1.29 is 4.42 Å². The van der Waals surface area contributed by atoms with Crippen LogP contribution in [-0.4, -0.2) is 0 Å². The Balaban J connectivity index is 1.11. The Bertz CT molecular complexity index is 3380. The fraction of sp³-hybridized carbons (Fsp3) is 0.0526. The largest absolute Gasteiger partial charge is 0.456 e. The third-order valence-corrected chi connectivity index (χ3v) is 12.8. The van der Waals surface area contributed by atoms with Gasteiger partial charge in [-0.1, -0.05) is 166 Å². The van der Waals surface area contributed by atoms with Crippen molar-refractivity contribution in [2.45, 2.75) is 19.3 Å². The molecule has 0 radical (unpaired) electrons. The number of hydrogen-bond acceptors (Lipinski definition) is 2. The Morgan fingerprint density at radius 3 is 1.69 bits per heavy atom. The van der Waals surface area contributed by atoms with Crippen molar-refractivity contribution in [3.63, 3.8) is 0 Å². The van der Waals surface area contributed by atoms with Crippen molar-refractivity contribution in [2.24, 2.45) is 0 Å². The van der Waals surface area contributed by atoms with Crippen LogP contribution in [0.15, 0.2) is 205 Å². The van der Waals surface area contributed by atoms with Crippen LogP contribution in [0.25, 0.3) is 88.0 Å². The van der Waals surface area contributed by atoms with E-state index >= 15 is 0 Å². The molecule has 0 unspecified atom stereocenters. The Morgan fingerprint density at radius 1 is 0.356 bits per heavy atom. The SMILES string of the molecule is CC1(C)c2cc(N(c3ccc(-c4ccccc4)cc3)c3ccc4c(c3)c3c(-c5ccccc5)ccc5oc6cccc4c6c53)ccc2-c2c(-c3ccccc3)cccc21. The molecule has 1 heterocycles. The van der Waals surface area contributed by atoms with E-state index in [1.165, 1.54) is 88.0 Å². The van der Waals surface area contributed by atoms with Crippen LogP contribution in [0.4, 0.5) is 17.1 Å². The van der Waals surface area contributed by atoms with E-state index in [0.717, 1.165) is 28.2 Å². The van der Waals surface area contributed by atoms with E-state index in [1.54, 1.807) is 0 Å². The van der Waals surface area contributed by atoms with E-state index in [4.69, 9.17) is 4.42 Å². The summed E-state index contributed by atoms with van der Waals surface area (Å²) in [5.74, 6) is 0. The second-order valence-corrected chi connectivity index (χ2v) is 16.4. The zero-order valence-electron chi connectivity index (χ0n) is 32.9. The highest BCUT2D eigenvalue weighted by Crippen LogP contribution is 2.54. The fourth-order valence-corrected chi connectivity index (χ4v) is 10.0. The van der Waals surface area contributed by atoms with Crippen LogP contribution in [0.5, 0.6) is 0 Å². The standard InChI is InChI=1S/C57H39NO/c1-57(2)49-22-12-20-43(38-16-8-4-9-17-38)53(49)47-31-29-42(35-50(47)57)58(40-26-24-37(25-27-40)36-14-6-3-7-15-36)41-28-30-45-46-21-13-23-51-55(46)56-52(59-51)33-32-44(54(56)48(45)34-41)39-18-10-5-11-19-39/h3-35H,1-2H3. The minimum Gasteiger partial charge on any atom is -0.456 e. The van der Waals surface area contributed by atoms with Crippen molar-refractivity contribution in [1.29, 1.82) is 0 Å². The van der Waals surface area contributed by atoms with Crippen LogP contribution >= 0.6 is 0 Å². The van der Waals surface area contributed by atoms with Gasteiger partial charge in [0.15, 0.2) is 0 Å². The van der Waals surface area contributed by atoms with Gasteiger partial charge in [-0.15, -0.1) is 0 Å². The monoisotopic (exact) mass is 753 g/mol. The number of nitrogens with zero attached hydrogens (tertiary/aromatic N) is 1. The maximum atomic E-state index is 6.56. The molecule has 10 aromatic carbocycles. The number of rotatable bonds is 6. The van der Waals surface area contributed by atoms with Crippen LogP contribution in [0, 0.1) is 0 Å². The minimum absolute atomic E-state index is 0.194. The van der Waals surface area contributed by atoms with Crippen molar-refractivity contribution in [3.05, 3.63) is 211 Å². The van der Waals surface area contributed by atoms with Gasteiger partial charge >= 0.3 is 0 Å². The van der Waals surface area contributed by atoms with Crippen LogP contribution in [0.1, 0.15) is 25.0 Å². The highest BCUT2D eigenvalue weighted by Gasteiger charge is 2.37. The lowest BCUT2D eigenvalue weighted by Crippen LogP contribution is -2.16. The Labute approximate surface area is 343 Å². The molecule has 59 heavy (non-hydrogen) atoms. The molecule has 2 nitrogen and oxygen atoms in total. The summed E-state index contributed by atoms with van der Waals surface area (Å²) >= 11 is 0. The van der Waals surface area contributed by atoms with Gasteiger partial charge in [-0.2, -0.15) is 0 Å². The van der Waals surface area contributed by atoms with Gasteiger partial charge in [-0.25, -0.2) is 0 Å². The molecule has 0 amide bonds. The molecular weight excluding hydrogens is 715 g/mol. The molecule has 0 saturated heterocycles. The van der Waals surface area contributed by atoms with Gasteiger partial charge in [-0.3, -0.25) is 0 Å². The second kappa shape index (κ2) is 12.8. The van der Waals surface area contributed by atoms with Gasteiger partial charge in [-0.05, 0) is 120 Å². The summed E-state index contributed by atoms with van der Waals surface area (Å²) in [7, 11) is 0. The van der Waals surface area contributed by atoms with Crippen molar-refractivity contribution in [2.75, 3.05) is 4.90 Å². The van der Waals surface area contributed by atoms with Crippen LogP contribution in [-0.2, 0) is 5.41 Å². The molecule has 0 fully saturated rings. The summed E-state index contributed by atoms with van der Waals surface area (Å²) in [6.07, 6.45) is 0. The molecule has 278 valence electrons. The predicted octanol–water partition coefficient (Wildman–Crippen LogP) is 16.1. The molecule has 12 rings (SSSR count). The van der Waals surface area contributed by atoms with E-state index in [-0.39, 0.29) is 5.41 Å². The molecule has 0 saturated carbocycles. The maximum absolute atomic E-state index is 6.56. The van der Waals surface area contributed by atoms with Crippen LogP contribution in [0.3, 0.4) is 0 Å². The summed E-state index contributed by atoms with van der Waals surface area (Å²) in [5.41, 5.74) is 17.6. The lowest BCUT2D eigenvalue weighted by Gasteiger charge is -2.29. The van der Waals surface area contributed by atoms with E-state index < -0.39 is 0 Å². The molecule has 0 atom stereocenters. The lowest BCUT2D eigenvalue weighted by atomic mass is 9.81. The molecule has 2 heteroatoms. The summed E-state index contributed by atoms with van der Waals surface area (Å²) in [5, 5.41) is 7.25. The molecule has 0 aliphatic heterocycles. The van der Waals surface area contributed by atoms with E-state index in [1.807, 2.05) is 0 Å². The van der Waals surface area contributed by atoms with Gasteiger partial charge in [0, 0.05) is 38.6 Å². The fourth-order valence-electron chi connectivity index (χ4n) is 10.0. The van der Waals surface area contributed by atoms with Crippen molar-refractivity contribution >= 4 is 60.5 Å². The average molecular weight is 754 g/mol. The quantitative estimate of drug-likeness (QED) is 0.157. The Kier molecular flexibility index (Phi) is 7.31. The molecule has 11 aromatic rings. The minimum atomic E-state index is -0.194. The third kappa shape index (κ3) is 5.06. The maximum Gasteiger partial charge on any atom is 0.136 e. The zero-order valence-corrected chi connectivity index (χ0v) is 32.9. The molecule has 1 aliphatic rings. The van der Waals surface area contributed by atoms with Gasteiger partial charge < -0.3 is 9.32 Å². The first-order valence-corrected chi connectivity index (χ1v) is 20.5. The number of benzene rings is 10. The summed E-state index contributed by atoms with van der Waals surface area (Å²) < 4.78 is 6.56. The van der Waals surface area contributed by atoms with Crippen molar-refractivity contribution in [1.82, 2.24) is 0 Å². The summed E-state index contributed by atoms with van der Waals surface area (Å²) in [4.78, 5) is 2.44. The molecule has 0 bridgehead atoms. The van der Waals surface area contributed by atoms with Crippen molar-refractivity contribution in [3.8, 4) is 44.5 Å². The molecule has 1 aliphatic carbocycles. The number of furan rings is 1. The van der Waals surface area contributed by atoms with Crippen LogP contribution < -0.4 is 4.90 Å². The molecule has 1 aromatic heterocycles. The highest BCUT2D eigenvalue weighted by atomic mass is 16.3. The Hall–Kier alpha value is -7.42. The normalized spacial score (nSPS) is 13.1. The first-order chi connectivity index (χ1) is 29.0. The topological polar surface area (TPSA) is 16.4 Å². The first kappa shape index (κ1) is 33.7. The number of anilines is 3. The van der Waals surface area contributed by atoms with Gasteiger partial charge in [0.2, 0.25) is 0 Å². The zero-order chi connectivity index (χ0) is 39.2. The predicted molar refractivity (Wildman–Crippen MR) is 248 cm³/mol. The summed E-state index contributed by atoms with van der Waals surface area (Å²) in [6, 6.07) is 73.1. The van der Waals surface area contributed by atoms with E-state index in [2.05, 4.69) is 219 Å². The number of fused-ring (bicyclic) bond motifs is 6. The smallest absolute Gasteiger partial charge is 0.136 e. The van der Waals surface area contributed by atoms with E-state index in [0.29, 0.717) is 0 Å². The average Bonchev–Trinajstić information content (AvgIpc) is 3.79. The molecule has 0 spiro atoms. The third-order valence-electron chi connectivity index (χ3n) is 12.8. The van der Waals surface area contributed by atoms with Crippen LogP contribution in [0.2, 0.25) is 0 Å². The van der Waals surface area contributed by atoms with Gasteiger partial charge in [0.25, 0.3) is 0 Å². The summed E-state index contributed by atoms with van der Waals surface area (Å²) in [6.45, 7) is 4.76. The first-order valence-electron chi connectivity index (χ1n) is 20.5. The highest BCUT2D eigenvalue weighted by molar-refractivity contribution is 6.35. The lowest BCUT2D eigenvalue weighted by molar-refractivity contribution is 0.660. The second-order valence-electron chi connectivity index (χ2n) is 16.4. The Morgan fingerprint density at radius 2 is 0.949 bits per heavy atom. The number of hydrogen-bond donors (Lipinski definition) is 0. The molecular formula is C57H39NO. The van der Waals surface area contributed by atoms with Gasteiger partial charge in [0.1, 0.15) is 11.2 Å². The van der Waals surface area contributed by atoms with E-state index in [9.17, 15) is 0 Å².